The van der Waals surface area contributed by atoms with Crippen LogP contribution in [0.1, 0.15) is 12.2 Å². The van der Waals surface area contributed by atoms with Crippen LogP contribution in [0.25, 0.3) is 21.8 Å². The summed E-state index contributed by atoms with van der Waals surface area (Å²) in [4.78, 5) is 17.9. The second-order valence-corrected chi connectivity index (χ2v) is 7.85. The lowest BCUT2D eigenvalue weighted by Crippen LogP contribution is -2.26. The Morgan fingerprint density at radius 2 is 1.82 bits per heavy atom. The fourth-order valence-corrected chi connectivity index (χ4v) is 4.17. The number of hydrogen-bond donors (Lipinski definition) is 1. The topological polar surface area (TPSA) is 46.9 Å². The van der Waals surface area contributed by atoms with Crippen LogP contribution in [-0.4, -0.2) is 27.8 Å². The van der Waals surface area contributed by atoms with Gasteiger partial charge in [-0.15, -0.1) is 11.8 Å². The number of carbonyl (C=O) groups excluding carboxylic acids is 1. The number of thioether (sulfide) groups is 1. The van der Waals surface area contributed by atoms with Crippen molar-refractivity contribution in [1.82, 2.24) is 14.9 Å². The van der Waals surface area contributed by atoms with Crippen molar-refractivity contribution in [3.63, 3.8) is 0 Å². The number of amides is 1. The Bertz CT molecular complexity index is 1120. The maximum absolute atomic E-state index is 12.2. The van der Waals surface area contributed by atoms with E-state index in [0.717, 1.165) is 34.7 Å². The van der Waals surface area contributed by atoms with Crippen molar-refractivity contribution >= 4 is 39.5 Å². The van der Waals surface area contributed by atoms with Crippen LogP contribution in [-0.2, 0) is 11.3 Å². The Morgan fingerprint density at radius 3 is 2.71 bits per heavy atom. The summed E-state index contributed by atoms with van der Waals surface area (Å²) in [7, 11) is 0. The Kier molecular flexibility index (Phi) is 5.63. The lowest BCUT2D eigenvalue weighted by molar-refractivity contribution is -0.118. The molecule has 28 heavy (non-hydrogen) atoms. The smallest absolute Gasteiger partial charge is 0.230 e. The van der Waals surface area contributed by atoms with Crippen molar-refractivity contribution in [2.24, 2.45) is 0 Å². The predicted octanol–water partition coefficient (Wildman–Crippen LogP) is 4.80. The molecule has 0 saturated heterocycles. The van der Waals surface area contributed by atoms with Crippen LogP contribution in [0.3, 0.4) is 0 Å². The molecule has 1 N–H and O–H groups in total. The lowest BCUT2D eigenvalue weighted by Gasteiger charge is -2.08. The van der Waals surface area contributed by atoms with Crippen LogP contribution in [0.2, 0.25) is 0 Å². The zero-order valence-electron chi connectivity index (χ0n) is 15.9. The number of nitrogens with one attached hydrogen (secondary N) is 1. The minimum atomic E-state index is 0.0744. The Morgan fingerprint density at radius 1 is 1.04 bits per heavy atom. The first-order valence-electron chi connectivity index (χ1n) is 9.51. The first kappa shape index (κ1) is 18.6. The zero-order chi connectivity index (χ0) is 19.3. The van der Waals surface area contributed by atoms with Gasteiger partial charge in [-0.05, 0) is 48.4 Å². The molecule has 4 rings (SSSR count). The van der Waals surface area contributed by atoms with Crippen LogP contribution in [0.4, 0.5) is 0 Å². The summed E-state index contributed by atoms with van der Waals surface area (Å²) in [6, 6.07) is 22.8. The molecule has 0 fully saturated rings. The number of carbonyl (C=O) groups is 1. The summed E-state index contributed by atoms with van der Waals surface area (Å²) in [5.74, 6) is 1.52. The quantitative estimate of drug-likeness (QED) is 0.365. The van der Waals surface area contributed by atoms with E-state index in [4.69, 9.17) is 0 Å². The van der Waals surface area contributed by atoms with Gasteiger partial charge in [0.1, 0.15) is 5.82 Å². The number of rotatable bonds is 7. The molecule has 142 valence electrons. The Balaban J connectivity index is 1.24. The van der Waals surface area contributed by atoms with Crippen molar-refractivity contribution in [3.05, 3.63) is 72.6 Å². The lowest BCUT2D eigenvalue weighted by atomic mass is 10.1. The summed E-state index contributed by atoms with van der Waals surface area (Å²) in [5, 5.41) is 5.45. The van der Waals surface area contributed by atoms with Crippen LogP contribution in [0.15, 0.2) is 71.6 Å². The minimum absolute atomic E-state index is 0.0744. The van der Waals surface area contributed by atoms with Crippen LogP contribution in [0.5, 0.6) is 0 Å². The van der Waals surface area contributed by atoms with Crippen molar-refractivity contribution in [3.8, 4) is 0 Å². The molecule has 0 unspecified atom stereocenters. The molecule has 0 bridgehead atoms. The standard InChI is InChI=1S/C23H23N3OS/c1-17-25-21-9-4-5-10-22(21)26(17)14-6-13-24-23(27)16-28-20-12-11-18-7-2-3-8-19(18)15-20/h2-5,7-12,15H,6,13-14,16H2,1H3,(H,24,27). The molecule has 0 aliphatic heterocycles. The van der Waals surface area contributed by atoms with E-state index < -0.39 is 0 Å². The van der Waals surface area contributed by atoms with Crippen molar-refractivity contribution in [2.75, 3.05) is 12.3 Å². The van der Waals surface area contributed by atoms with Gasteiger partial charge in [-0.25, -0.2) is 4.98 Å². The highest BCUT2D eigenvalue weighted by Gasteiger charge is 2.07. The van der Waals surface area contributed by atoms with E-state index >= 15 is 0 Å². The number of hydrogen-bond acceptors (Lipinski definition) is 3. The summed E-state index contributed by atoms with van der Waals surface area (Å²) in [6.45, 7) is 3.55. The maximum Gasteiger partial charge on any atom is 0.230 e. The third-order valence-corrected chi connectivity index (χ3v) is 5.81. The Labute approximate surface area is 169 Å². The summed E-state index contributed by atoms with van der Waals surface area (Å²) >= 11 is 1.58. The number of benzene rings is 3. The first-order chi connectivity index (χ1) is 13.7. The molecule has 0 aliphatic carbocycles. The van der Waals surface area contributed by atoms with E-state index in [0.29, 0.717) is 12.3 Å². The predicted molar refractivity (Wildman–Crippen MR) is 117 cm³/mol. The minimum Gasteiger partial charge on any atom is -0.355 e. The van der Waals surface area contributed by atoms with Gasteiger partial charge in [0.05, 0.1) is 16.8 Å². The third-order valence-electron chi connectivity index (χ3n) is 4.82. The van der Waals surface area contributed by atoms with Gasteiger partial charge < -0.3 is 9.88 Å². The molecule has 5 heteroatoms. The van der Waals surface area contributed by atoms with E-state index in [1.54, 1.807) is 11.8 Å². The molecule has 0 spiro atoms. The van der Waals surface area contributed by atoms with Crippen LogP contribution >= 0.6 is 11.8 Å². The van der Waals surface area contributed by atoms with E-state index in [-0.39, 0.29) is 5.91 Å². The van der Waals surface area contributed by atoms with E-state index in [1.807, 2.05) is 37.3 Å². The van der Waals surface area contributed by atoms with Gasteiger partial charge in [0.15, 0.2) is 0 Å². The number of nitrogens with zero attached hydrogens (tertiary/aromatic N) is 2. The summed E-state index contributed by atoms with van der Waals surface area (Å²) < 4.78 is 2.21. The number of fused-ring (bicyclic) bond motifs is 2. The van der Waals surface area contributed by atoms with Gasteiger partial charge >= 0.3 is 0 Å². The highest BCUT2D eigenvalue weighted by molar-refractivity contribution is 8.00. The largest absolute Gasteiger partial charge is 0.355 e. The van der Waals surface area contributed by atoms with Crippen molar-refractivity contribution < 1.29 is 4.79 Å². The van der Waals surface area contributed by atoms with Crippen LogP contribution in [0, 0.1) is 6.92 Å². The molecule has 0 atom stereocenters. The van der Waals surface area contributed by atoms with Gasteiger partial charge in [0, 0.05) is 18.0 Å². The molecule has 0 radical (unpaired) electrons. The normalized spacial score (nSPS) is 11.2. The van der Waals surface area contributed by atoms with Crippen molar-refractivity contribution in [1.29, 1.82) is 0 Å². The van der Waals surface area contributed by atoms with E-state index in [2.05, 4.69) is 51.3 Å². The number of aryl methyl sites for hydroxylation is 2. The fraction of sp³-hybridized carbons (Fsp3) is 0.217. The molecule has 4 aromatic rings. The van der Waals surface area contributed by atoms with Gasteiger partial charge in [0.25, 0.3) is 0 Å². The monoisotopic (exact) mass is 389 g/mol. The molecule has 1 aromatic heterocycles. The molecule has 1 amide bonds. The third kappa shape index (κ3) is 4.20. The highest BCUT2D eigenvalue weighted by Crippen LogP contribution is 2.23. The fourth-order valence-electron chi connectivity index (χ4n) is 3.40. The van der Waals surface area contributed by atoms with Gasteiger partial charge in [-0.3, -0.25) is 4.79 Å². The molecule has 0 aliphatic rings. The molecular weight excluding hydrogens is 366 g/mol. The second kappa shape index (κ2) is 8.48. The molecule has 4 nitrogen and oxygen atoms in total. The SMILES string of the molecule is Cc1nc2ccccc2n1CCCNC(=O)CSc1ccc2ccccc2c1. The Hall–Kier alpha value is -2.79. The molecule has 0 saturated carbocycles. The first-order valence-corrected chi connectivity index (χ1v) is 10.5. The molecule has 1 heterocycles. The van der Waals surface area contributed by atoms with Gasteiger partial charge in [0.2, 0.25) is 5.91 Å². The summed E-state index contributed by atoms with van der Waals surface area (Å²) in [5.41, 5.74) is 2.18. The van der Waals surface area contributed by atoms with Crippen molar-refractivity contribution in [2.45, 2.75) is 24.8 Å². The molecular formula is C23H23N3OS. The molecule has 3 aromatic carbocycles. The second-order valence-electron chi connectivity index (χ2n) is 6.80. The number of para-hydroxylation sites is 2. The zero-order valence-corrected chi connectivity index (χ0v) is 16.7. The average molecular weight is 390 g/mol. The van der Waals surface area contributed by atoms with Gasteiger partial charge in [-0.2, -0.15) is 0 Å². The number of aromatic nitrogens is 2. The van der Waals surface area contributed by atoms with E-state index in [1.165, 1.54) is 10.8 Å². The maximum atomic E-state index is 12.2. The highest BCUT2D eigenvalue weighted by atomic mass is 32.2. The average Bonchev–Trinajstić information content (AvgIpc) is 3.04. The van der Waals surface area contributed by atoms with E-state index in [9.17, 15) is 4.79 Å². The van der Waals surface area contributed by atoms with Gasteiger partial charge in [-0.1, -0.05) is 42.5 Å². The summed E-state index contributed by atoms with van der Waals surface area (Å²) in [6.07, 6.45) is 0.883. The van der Waals surface area contributed by atoms with Crippen LogP contribution < -0.4 is 5.32 Å². The number of imidazole rings is 1.